The maximum Gasteiger partial charge on any atom is 0.417 e. The van der Waals surface area contributed by atoms with Gasteiger partial charge in [-0.1, -0.05) is 41.4 Å². The van der Waals surface area contributed by atoms with Gasteiger partial charge in [0.05, 0.1) is 16.3 Å². The van der Waals surface area contributed by atoms with Crippen LogP contribution in [0.4, 0.5) is 23.7 Å². The van der Waals surface area contributed by atoms with E-state index in [0.717, 1.165) is 23.4 Å². The molecule has 0 radical (unpaired) electrons. The topological polar surface area (TPSA) is 51.2 Å². The minimum Gasteiger partial charge on any atom is -0.410 e. The molecule has 0 saturated heterocycles. The lowest BCUT2D eigenvalue weighted by molar-refractivity contribution is -0.137. The number of benzene rings is 2. The summed E-state index contributed by atoms with van der Waals surface area (Å²) in [5.74, 6) is 0.324. The van der Waals surface area contributed by atoms with E-state index in [2.05, 4.69) is 10.3 Å². The summed E-state index contributed by atoms with van der Waals surface area (Å²) in [6.45, 7) is 1.94. The normalized spacial score (nSPS) is 11.2. The Balaban J connectivity index is 1.61. The number of nitrogens with one attached hydrogen (secondary N) is 1. The van der Waals surface area contributed by atoms with Gasteiger partial charge in [0.15, 0.2) is 0 Å². The fraction of sp³-hybridized carbons (Fsp3) is 0.143. The Morgan fingerprint density at radius 2 is 1.76 bits per heavy atom. The molecule has 0 atom stereocenters. The monoisotopic (exact) mass is 420 g/mol. The number of aryl methyl sites for hydroxylation is 1. The van der Waals surface area contributed by atoms with E-state index in [1.807, 2.05) is 19.1 Å². The van der Waals surface area contributed by atoms with E-state index in [-0.39, 0.29) is 11.4 Å². The van der Waals surface area contributed by atoms with Crippen LogP contribution in [0.2, 0.25) is 5.02 Å². The quantitative estimate of drug-likeness (QED) is 0.541. The van der Waals surface area contributed by atoms with Gasteiger partial charge in [0.1, 0.15) is 5.75 Å². The summed E-state index contributed by atoms with van der Waals surface area (Å²) >= 11 is 5.93. The van der Waals surface area contributed by atoms with E-state index < -0.39 is 17.8 Å². The van der Waals surface area contributed by atoms with E-state index in [1.165, 1.54) is 0 Å². The molecule has 1 N–H and O–H groups in total. The van der Waals surface area contributed by atoms with Gasteiger partial charge in [-0.3, -0.25) is 10.3 Å². The molecule has 0 aliphatic heterocycles. The zero-order chi connectivity index (χ0) is 21.0. The predicted molar refractivity (Wildman–Crippen MR) is 104 cm³/mol. The van der Waals surface area contributed by atoms with Crippen molar-refractivity contribution in [2.45, 2.75) is 19.5 Å². The van der Waals surface area contributed by atoms with Gasteiger partial charge in [0.2, 0.25) is 0 Å². The number of nitrogens with zero attached hydrogens (tertiary/aromatic N) is 1. The molecule has 1 aromatic heterocycles. The SMILES string of the molecule is Cc1ccc(NC(=O)Oc2ccc(Cc3ncc(C(F)(F)F)cc3Cl)cc2)cc1. The number of halogens is 4. The van der Waals surface area contributed by atoms with Crippen LogP contribution in [0.5, 0.6) is 5.75 Å². The number of carbonyl (C=O) groups is 1. The first-order valence-corrected chi connectivity index (χ1v) is 8.94. The minimum absolute atomic E-state index is 0.0578. The lowest BCUT2D eigenvalue weighted by Gasteiger charge is -2.10. The molecule has 29 heavy (non-hydrogen) atoms. The van der Waals surface area contributed by atoms with Gasteiger partial charge in [-0.2, -0.15) is 13.2 Å². The number of pyridine rings is 1. The van der Waals surface area contributed by atoms with Crippen LogP contribution >= 0.6 is 11.6 Å². The highest BCUT2D eigenvalue weighted by atomic mass is 35.5. The number of aromatic nitrogens is 1. The summed E-state index contributed by atoms with van der Waals surface area (Å²) in [7, 11) is 0. The molecule has 1 heterocycles. The highest BCUT2D eigenvalue weighted by Gasteiger charge is 2.31. The van der Waals surface area contributed by atoms with Crippen molar-refractivity contribution in [2.75, 3.05) is 5.32 Å². The Morgan fingerprint density at radius 3 is 2.34 bits per heavy atom. The zero-order valence-electron chi connectivity index (χ0n) is 15.3. The Bertz CT molecular complexity index is 1000. The van der Waals surface area contributed by atoms with E-state index in [9.17, 15) is 18.0 Å². The minimum atomic E-state index is -4.49. The van der Waals surface area contributed by atoms with Crippen LogP contribution in [0.3, 0.4) is 0 Å². The van der Waals surface area contributed by atoms with Gasteiger partial charge in [0.25, 0.3) is 0 Å². The van der Waals surface area contributed by atoms with Gasteiger partial charge in [-0.25, -0.2) is 4.79 Å². The fourth-order valence-corrected chi connectivity index (χ4v) is 2.74. The largest absolute Gasteiger partial charge is 0.417 e. The lowest BCUT2D eigenvalue weighted by atomic mass is 10.1. The van der Waals surface area contributed by atoms with Gasteiger partial charge in [-0.15, -0.1) is 0 Å². The van der Waals surface area contributed by atoms with Crippen molar-refractivity contribution in [3.05, 3.63) is 88.2 Å². The Labute approximate surface area is 170 Å². The summed E-state index contributed by atoms with van der Waals surface area (Å²) in [6.07, 6.45) is -4.12. The molecule has 3 rings (SSSR count). The lowest BCUT2D eigenvalue weighted by Crippen LogP contribution is -2.16. The molecule has 0 aliphatic rings. The first-order valence-electron chi connectivity index (χ1n) is 8.57. The second-order valence-corrected chi connectivity index (χ2v) is 6.76. The fourth-order valence-electron chi connectivity index (χ4n) is 2.51. The molecule has 0 aliphatic carbocycles. The second kappa shape index (κ2) is 8.53. The van der Waals surface area contributed by atoms with Gasteiger partial charge >= 0.3 is 12.3 Å². The molecular formula is C21H16ClF3N2O2. The third-order valence-corrected chi connectivity index (χ3v) is 4.38. The van der Waals surface area contributed by atoms with E-state index >= 15 is 0 Å². The van der Waals surface area contributed by atoms with Crippen LogP contribution in [0.25, 0.3) is 0 Å². The third kappa shape index (κ3) is 5.71. The van der Waals surface area contributed by atoms with E-state index in [4.69, 9.17) is 16.3 Å². The maximum absolute atomic E-state index is 12.7. The van der Waals surface area contributed by atoms with Crippen molar-refractivity contribution in [3.63, 3.8) is 0 Å². The van der Waals surface area contributed by atoms with Gasteiger partial charge < -0.3 is 4.74 Å². The summed E-state index contributed by atoms with van der Waals surface area (Å²) in [5.41, 5.74) is 1.87. The molecule has 4 nitrogen and oxygen atoms in total. The average molecular weight is 421 g/mol. The Kier molecular flexibility index (Phi) is 6.08. The molecule has 0 saturated carbocycles. The van der Waals surface area contributed by atoms with E-state index in [0.29, 0.717) is 17.1 Å². The van der Waals surface area contributed by atoms with Crippen LogP contribution in [0, 0.1) is 6.92 Å². The molecule has 0 unspecified atom stereocenters. The number of hydrogen-bond acceptors (Lipinski definition) is 3. The zero-order valence-corrected chi connectivity index (χ0v) is 16.0. The predicted octanol–water partition coefficient (Wildman–Crippen LogP) is 6.26. The van der Waals surface area contributed by atoms with Crippen LogP contribution in [0.1, 0.15) is 22.4 Å². The van der Waals surface area contributed by atoms with Gasteiger partial charge in [0, 0.05) is 18.3 Å². The highest BCUT2D eigenvalue weighted by molar-refractivity contribution is 6.31. The number of ether oxygens (including phenoxy) is 1. The Morgan fingerprint density at radius 1 is 1.10 bits per heavy atom. The number of anilines is 1. The molecule has 0 fully saturated rings. The molecular weight excluding hydrogens is 405 g/mol. The number of carbonyl (C=O) groups excluding carboxylic acids is 1. The van der Waals surface area contributed by atoms with Crippen LogP contribution in [0.15, 0.2) is 60.8 Å². The highest BCUT2D eigenvalue weighted by Crippen LogP contribution is 2.31. The summed E-state index contributed by atoms with van der Waals surface area (Å²) in [5, 5.41) is 2.56. The molecule has 1 amide bonds. The van der Waals surface area contributed by atoms with Crippen molar-refractivity contribution in [3.8, 4) is 5.75 Å². The van der Waals surface area contributed by atoms with Crippen molar-refractivity contribution < 1.29 is 22.7 Å². The average Bonchev–Trinajstić information content (AvgIpc) is 2.66. The van der Waals surface area contributed by atoms with Crippen molar-refractivity contribution in [2.24, 2.45) is 0 Å². The third-order valence-electron chi connectivity index (χ3n) is 4.05. The molecule has 3 aromatic rings. The second-order valence-electron chi connectivity index (χ2n) is 6.35. The number of rotatable bonds is 4. The van der Waals surface area contributed by atoms with Crippen molar-refractivity contribution >= 4 is 23.4 Å². The number of hydrogen-bond donors (Lipinski definition) is 1. The van der Waals surface area contributed by atoms with Crippen LogP contribution in [-0.2, 0) is 12.6 Å². The van der Waals surface area contributed by atoms with Crippen LogP contribution in [-0.4, -0.2) is 11.1 Å². The Hall–Kier alpha value is -3.06. The standard InChI is InChI=1S/C21H16ClF3N2O2/c1-13-2-6-16(7-3-13)27-20(28)29-17-8-4-14(5-9-17)10-19-18(22)11-15(12-26-19)21(23,24)25/h2-9,11-12H,10H2,1H3,(H,27,28). The van der Waals surface area contributed by atoms with Crippen molar-refractivity contribution in [1.29, 1.82) is 0 Å². The van der Waals surface area contributed by atoms with Gasteiger partial charge in [-0.05, 0) is 42.8 Å². The molecule has 150 valence electrons. The molecule has 0 bridgehead atoms. The maximum atomic E-state index is 12.7. The number of alkyl halides is 3. The van der Waals surface area contributed by atoms with Crippen LogP contribution < -0.4 is 10.1 Å². The summed E-state index contributed by atoms with van der Waals surface area (Å²) < 4.78 is 43.3. The molecule has 0 spiro atoms. The smallest absolute Gasteiger partial charge is 0.410 e. The first-order chi connectivity index (χ1) is 13.7. The summed E-state index contributed by atoms with van der Waals surface area (Å²) in [6, 6.07) is 14.7. The summed E-state index contributed by atoms with van der Waals surface area (Å²) in [4.78, 5) is 15.8. The first kappa shape index (κ1) is 20.7. The van der Waals surface area contributed by atoms with E-state index in [1.54, 1.807) is 36.4 Å². The molecule has 8 heteroatoms. The molecule has 2 aromatic carbocycles. The number of amides is 1. The van der Waals surface area contributed by atoms with Crippen molar-refractivity contribution in [1.82, 2.24) is 4.98 Å².